The summed E-state index contributed by atoms with van der Waals surface area (Å²) in [6.07, 6.45) is 36.4. The molecule has 0 fully saturated rings. The molecular formula is C32H61N2O+. The first-order chi connectivity index (χ1) is 17.1. The van der Waals surface area contributed by atoms with Crippen LogP contribution in [0.3, 0.4) is 0 Å². The van der Waals surface area contributed by atoms with Crippen LogP contribution in [0, 0.1) is 0 Å². The van der Waals surface area contributed by atoms with Gasteiger partial charge in [-0.2, -0.15) is 4.48 Å². The van der Waals surface area contributed by atoms with Crippen molar-refractivity contribution in [3.8, 4) is 0 Å². The second kappa shape index (κ2) is 22.3. The van der Waals surface area contributed by atoms with E-state index in [9.17, 15) is 4.79 Å². The van der Waals surface area contributed by atoms with E-state index in [2.05, 4.69) is 18.8 Å². The molecule has 3 nitrogen and oxygen atoms in total. The van der Waals surface area contributed by atoms with Gasteiger partial charge in [-0.25, -0.2) is 9.79 Å². The van der Waals surface area contributed by atoms with Gasteiger partial charge in [0.1, 0.15) is 6.20 Å². The lowest BCUT2D eigenvalue weighted by Crippen LogP contribution is -2.47. The molecule has 0 saturated carbocycles. The van der Waals surface area contributed by atoms with E-state index in [1.807, 2.05) is 19.4 Å². The third kappa shape index (κ3) is 15.7. The molecule has 0 bridgehead atoms. The predicted octanol–water partition coefficient (Wildman–Crippen LogP) is 10.6. The fourth-order valence-corrected chi connectivity index (χ4v) is 5.28. The number of aliphatic imine (C=N–C) groups is 1. The molecule has 204 valence electrons. The maximum Gasteiger partial charge on any atom is 0.324 e. The predicted molar refractivity (Wildman–Crippen MR) is 155 cm³/mol. The molecule has 1 atom stereocenters. The Hall–Kier alpha value is -0.960. The minimum atomic E-state index is 0.327. The van der Waals surface area contributed by atoms with E-state index >= 15 is 0 Å². The highest BCUT2D eigenvalue weighted by atomic mass is 16.2. The molecule has 3 heteroatoms. The Balaban J connectivity index is 2.03. The Labute approximate surface area is 219 Å². The van der Waals surface area contributed by atoms with E-state index in [1.165, 1.54) is 135 Å². The topological polar surface area (TPSA) is 29.4 Å². The summed E-state index contributed by atoms with van der Waals surface area (Å²) in [5.41, 5.74) is 0. The molecule has 0 saturated heterocycles. The minimum Gasteiger partial charge on any atom is -0.230 e. The average molecular weight is 490 g/mol. The van der Waals surface area contributed by atoms with Gasteiger partial charge in [0.05, 0.1) is 19.7 Å². The summed E-state index contributed by atoms with van der Waals surface area (Å²) in [7, 11) is 2.05. The summed E-state index contributed by atoms with van der Waals surface area (Å²) < 4.78 is 0.329. The lowest BCUT2D eigenvalue weighted by Gasteiger charge is -2.25. The summed E-state index contributed by atoms with van der Waals surface area (Å²) in [4.78, 5) is 17.6. The number of carbonyl (C=O) groups is 1. The van der Waals surface area contributed by atoms with Crippen LogP contribution in [0.5, 0.6) is 0 Å². The van der Waals surface area contributed by atoms with Crippen molar-refractivity contribution in [2.75, 3.05) is 7.05 Å². The molecule has 1 aliphatic heterocycles. The van der Waals surface area contributed by atoms with E-state index in [0.717, 1.165) is 25.1 Å². The third-order valence-corrected chi connectivity index (χ3v) is 7.89. The third-order valence-electron chi connectivity index (χ3n) is 7.89. The number of nitrogens with zero attached hydrogens (tertiary/aromatic N) is 2. The Morgan fingerprint density at radius 1 is 0.600 bits per heavy atom. The van der Waals surface area contributed by atoms with Gasteiger partial charge in [-0.05, 0) is 12.8 Å². The van der Waals surface area contributed by atoms with E-state index in [-0.39, 0.29) is 0 Å². The van der Waals surface area contributed by atoms with Crippen LogP contribution in [0.25, 0.3) is 0 Å². The Morgan fingerprint density at radius 3 is 1.40 bits per heavy atom. The van der Waals surface area contributed by atoms with Gasteiger partial charge in [-0.3, -0.25) is 0 Å². The van der Waals surface area contributed by atoms with Crippen molar-refractivity contribution in [3.63, 3.8) is 0 Å². The van der Waals surface area contributed by atoms with Crippen LogP contribution in [-0.2, 0) is 4.79 Å². The second-order valence-corrected chi connectivity index (χ2v) is 11.2. The Kier molecular flexibility index (Phi) is 20.4. The molecule has 0 spiro atoms. The maximum atomic E-state index is 13.0. The van der Waals surface area contributed by atoms with Gasteiger partial charge in [0.2, 0.25) is 5.84 Å². The van der Waals surface area contributed by atoms with Crippen molar-refractivity contribution >= 4 is 11.7 Å². The summed E-state index contributed by atoms with van der Waals surface area (Å²) in [5, 5.41) is 0. The van der Waals surface area contributed by atoms with Gasteiger partial charge in [-0.15, -0.1) is 0 Å². The maximum absolute atomic E-state index is 13.0. The zero-order valence-corrected chi connectivity index (χ0v) is 24.1. The van der Waals surface area contributed by atoms with Gasteiger partial charge in [0.15, 0.2) is 0 Å². The molecular weight excluding hydrogens is 428 g/mol. The average Bonchev–Trinajstić information content (AvgIpc) is 3.24. The number of carbonyl (C=O) groups excluding carboxylic acids is 1. The largest absolute Gasteiger partial charge is 0.324 e. The van der Waals surface area contributed by atoms with Crippen molar-refractivity contribution in [1.82, 2.24) is 0 Å². The molecule has 0 aliphatic carbocycles. The lowest BCUT2D eigenvalue weighted by atomic mass is 10.0. The van der Waals surface area contributed by atoms with Crippen molar-refractivity contribution in [3.05, 3.63) is 12.4 Å². The number of hydrogen-bond donors (Lipinski definition) is 0. The number of quaternary nitrogens is 1. The normalized spacial score (nSPS) is 17.3. The van der Waals surface area contributed by atoms with Crippen LogP contribution < -0.4 is 0 Å². The summed E-state index contributed by atoms with van der Waals surface area (Å²) in [6.45, 7) is 4.56. The highest BCUT2D eigenvalue weighted by Crippen LogP contribution is 2.22. The molecule has 35 heavy (non-hydrogen) atoms. The summed E-state index contributed by atoms with van der Waals surface area (Å²) >= 11 is 0. The van der Waals surface area contributed by atoms with Crippen LogP contribution in [-0.4, -0.2) is 23.3 Å². The van der Waals surface area contributed by atoms with E-state index in [0.29, 0.717) is 16.8 Å². The zero-order chi connectivity index (χ0) is 25.5. The molecule has 0 radical (unpaired) electrons. The number of rotatable bonds is 25. The first kappa shape index (κ1) is 32.1. The monoisotopic (exact) mass is 489 g/mol. The summed E-state index contributed by atoms with van der Waals surface area (Å²) in [5.74, 6) is 1.39. The zero-order valence-electron chi connectivity index (χ0n) is 24.1. The smallest absolute Gasteiger partial charge is 0.230 e. The van der Waals surface area contributed by atoms with Crippen LogP contribution in [0.15, 0.2) is 17.4 Å². The standard InChI is InChI=1S/C32H61N2O/c1-4-6-8-10-12-14-16-18-20-22-24-26-28-32(35)34(3)30-29-33-31(34)27-25-23-21-19-17-15-13-11-9-7-5-2/h29-30H,4-28H2,1-3H3/q+1. The highest BCUT2D eigenvalue weighted by Gasteiger charge is 2.37. The second-order valence-electron chi connectivity index (χ2n) is 11.2. The van der Waals surface area contributed by atoms with Crippen LogP contribution >= 0.6 is 0 Å². The van der Waals surface area contributed by atoms with E-state index in [1.54, 1.807) is 0 Å². The first-order valence-electron chi connectivity index (χ1n) is 15.8. The van der Waals surface area contributed by atoms with Crippen molar-refractivity contribution < 1.29 is 9.28 Å². The van der Waals surface area contributed by atoms with Gasteiger partial charge >= 0.3 is 5.91 Å². The molecule has 1 rings (SSSR count). The number of amidine groups is 1. The molecule has 1 aliphatic rings. The first-order valence-corrected chi connectivity index (χ1v) is 15.8. The molecule has 1 amide bonds. The molecule has 0 aromatic rings. The van der Waals surface area contributed by atoms with Gasteiger partial charge in [0, 0.05) is 6.42 Å². The van der Waals surface area contributed by atoms with Gasteiger partial charge in [-0.1, -0.05) is 149 Å². The quantitative estimate of drug-likeness (QED) is 0.0926. The lowest BCUT2D eigenvalue weighted by molar-refractivity contribution is -0.683. The Bertz CT molecular complexity index is 568. The fourth-order valence-electron chi connectivity index (χ4n) is 5.28. The van der Waals surface area contributed by atoms with Crippen molar-refractivity contribution in [2.24, 2.45) is 4.99 Å². The van der Waals surface area contributed by atoms with E-state index in [4.69, 9.17) is 0 Å². The van der Waals surface area contributed by atoms with Crippen molar-refractivity contribution in [2.45, 2.75) is 174 Å². The number of amides is 1. The summed E-state index contributed by atoms with van der Waals surface area (Å²) in [6, 6.07) is 0. The van der Waals surface area contributed by atoms with Gasteiger partial charge < -0.3 is 0 Å². The molecule has 0 aromatic heterocycles. The fraction of sp³-hybridized carbons (Fsp3) is 0.875. The Morgan fingerprint density at radius 2 is 0.971 bits per heavy atom. The molecule has 0 aromatic carbocycles. The van der Waals surface area contributed by atoms with Crippen LogP contribution in [0.4, 0.5) is 0 Å². The van der Waals surface area contributed by atoms with Crippen LogP contribution in [0.2, 0.25) is 0 Å². The van der Waals surface area contributed by atoms with Crippen LogP contribution in [0.1, 0.15) is 174 Å². The molecule has 1 unspecified atom stereocenters. The molecule has 0 N–H and O–H groups in total. The van der Waals surface area contributed by atoms with E-state index < -0.39 is 0 Å². The highest BCUT2D eigenvalue weighted by molar-refractivity contribution is 5.90. The molecule has 1 heterocycles. The van der Waals surface area contributed by atoms with Gasteiger partial charge in [0.25, 0.3) is 0 Å². The number of unbranched alkanes of at least 4 members (excludes halogenated alkanes) is 21. The minimum absolute atomic E-state index is 0.327. The SMILES string of the molecule is CCCCCCCCCCCCCCC(=O)[N+]1(C)C=CN=C1CCCCCCCCCCCCC. The number of hydrogen-bond acceptors (Lipinski definition) is 2. The van der Waals surface area contributed by atoms with Crippen molar-refractivity contribution in [1.29, 1.82) is 0 Å².